The predicted octanol–water partition coefficient (Wildman–Crippen LogP) is 1.35. The fourth-order valence-corrected chi connectivity index (χ4v) is 3.51. The van der Waals surface area contributed by atoms with E-state index >= 15 is 0 Å². The second-order valence-corrected chi connectivity index (χ2v) is 7.33. The van der Waals surface area contributed by atoms with Crippen molar-refractivity contribution in [3.63, 3.8) is 0 Å². The van der Waals surface area contributed by atoms with E-state index in [0.717, 1.165) is 18.4 Å². The van der Waals surface area contributed by atoms with Crippen molar-refractivity contribution in [1.82, 2.24) is 4.31 Å². The Morgan fingerprint density at radius 3 is 2.56 bits per heavy atom. The van der Waals surface area contributed by atoms with Gasteiger partial charge in [-0.3, -0.25) is 0 Å². The van der Waals surface area contributed by atoms with Crippen LogP contribution in [-0.4, -0.2) is 32.9 Å². The first-order chi connectivity index (χ1) is 8.39. The van der Waals surface area contributed by atoms with Gasteiger partial charge < -0.3 is 5.73 Å². The van der Waals surface area contributed by atoms with Gasteiger partial charge in [0.25, 0.3) is 0 Å². The Kier molecular flexibility index (Phi) is 3.49. The van der Waals surface area contributed by atoms with E-state index in [0.29, 0.717) is 18.0 Å². The average Bonchev–Trinajstić information content (AvgIpc) is 3.09. The van der Waals surface area contributed by atoms with E-state index in [-0.39, 0.29) is 5.41 Å². The first kappa shape index (κ1) is 13.5. The van der Waals surface area contributed by atoms with Crippen molar-refractivity contribution in [2.24, 2.45) is 11.1 Å². The minimum atomic E-state index is -3.39. The largest absolute Gasteiger partial charge is 0.330 e. The number of nitrogens with two attached hydrogens (primary N) is 1. The summed E-state index contributed by atoms with van der Waals surface area (Å²) >= 11 is 0. The van der Waals surface area contributed by atoms with E-state index in [2.05, 4.69) is 0 Å². The van der Waals surface area contributed by atoms with Gasteiger partial charge in [-0.25, -0.2) is 12.7 Å². The van der Waals surface area contributed by atoms with Gasteiger partial charge in [0.2, 0.25) is 10.0 Å². The van der Waals surface area contributed by atoms with Gasteiger partial charge in [-0.1, -0.05) is 12.1 Å². The number of aryl methyl sites for hydroxylation is 1. The van der Waals surface area contributed by atoms with Crippen molar-refractivity contribution in [2.75, 3.05) is 20.1 Å². The zero-order valence-corrected chi connectivity index (χ0v) is 11.7. The number of hydrogen-bond acceptors (Lipinski definition) is 3. The molecule has 2 rings (SSSR count). The van der Waals surface area contributed by atoms with Gasteiger partial charge in [0.1, 0.15) is 0 Å². The van der Waals surface area contributed by atoms with Crippen molar-refractivity contribution in [1.29, 1.82) is 0 Å². The molecule has 5 heteroatoms. The SMILES string of the molecule is Cc1cccc(S(=O)(=O)N(C)CC2(CN)CC2)c1. The van der Waals surface area contributed by atoms with Crippen molar-refractivity contribution in [3.8, 4) is 0 Å². The Morgan fingerprint density at radius 2 is 2.06 bits per heavy atom. The third-order valence-electron chi connectivity index (χ3n) is 3.65. The number of nitrogens with zero attached hydrogens (tertiary/aromatic N) is 1. The fourth-order valence-electron chi connectivity index (χ4n) is 2.12. The molecule has 100 valence electrons. The maximum atomic E-state index is 12.4. The zero-order valence-electron chi connectivity index (χ0n) is 10.9. The number of rotatable bonds is 5. The van der Waals surface area contributed by atoms with Crippen LogP contribution in [0, 0.1) is 12.3 Å². The van der Waals surface area contributed by atoms with Gasteiger partial charge >= 0.3 is 0 Å². The molecule has 0 aliphatic heterocycles. The highest BCUT2D eigenvalue weighted by Gasteiger charge is 2.43. The zero-order chi connectivity index (χ0) is 13.4. The smallest absolute Gasteiger partial charge is 0.242 e. The van der Waals surface area contributed by atoms with Crippen LogP contribution in [0.1, 0.15) is 18.4 Å². The van der Waals surface area contributed by atoms with Gasteiger partial charge in [0, 0.05) is 13.6 Å². The molecule has 18 heavy (non-hydrogen) atoms. The van der Waals surface area contributed by atoms with Gasteiger partial charge in [0.15, 0.2) is 0 Å². The summed E-state index contributed by atoms with van der Waals surface area (Å²) < 4.78 is 26.2. The molecule has 1 saturated carbocycles. The highest BCUT2D eigenvalue weighted by molar-refractivity contribution is 7.89. The fraction of sp³-hybridized carbons (Fsp3) is 0.538. The second-order valence-electron chi connectivity index (χ2n) is 5.28. The van der Waals surface area contributed by atoms with Crippen LogP contribution in [0.2, 0.25) is 0 Å². The molecule has 0 heterocycles. The Bertz CT molecular complexity index is 536. The van der Waals surface area contributed by atoms with E-state index in [1.807, 2.05) is 13.0 Å². The van der Waals surface area contributed by atoms with Gasteiger partial charge in [0.05, 0.1) is 4.90 Å². The summed E-state index contributed by atoms with van der Waals surface area (Å²) in [6, 6.07) is 7.00. The maximum Gasteiger partial charge on any atom is 0.242 e. The summed E-state index contributed by atoms with van der Waals surface area (Å²) in [6.45, 7) is 2.96. The number of hydrogen-bond donors (Lipinski definition) is 1. The van der Waals surface area contributed by atoms with E-state index in [1.54, 1.807) is 25.2 Å². The lowest BCUT2D eigenvalue weighted by atomic mass is 10.1. The Morgan fingerprint density at radius 1 is 1.39 bits per heavy atom. The third kappa shape index (κ3) is 2.58. The summed E-state index contributed by atoms with van der Waals surface area (Å²) in [4.78, 5) is 0.359. The molecule has 0 aromatic heterocycles. The summed E-state index contributed by atoms with van der Waals surface area (Å²) in [5.74, 6) is 0. The quantitative estimate of drug-likeness (QED) is 0.877. The molecule has 0 spiro atoms. The summed E-state index contributed by atoms with van der Waals surface area (Å²) in [5.41, 5.74) is 6.67. The van der Waals surface area contributed by atoms with Crippen LogP contribution in [0.5, 0.6) is 0 Å². The Hall–Kier alpha value is -0.910. The molecule has 1 aromatic carbocycles. The lowest BCUT2D eigenvalue weighted by Crippen LogP contribution is -2.35. The topological polar surface area (TPSA) is 63.4 Å². The summed E-state index contributed by atoms with van der Waals surface area (Å²) in [7, 11) is -1.75. The minimum Gasteiger partial charge on any atom is -0.330 e. The molecule has 2 N–H and O–H groups in total. The van der Waals surface area contributed by atoms with E-state index < -0.39 is 10.0 Å². The van der Waals surface area contributed by atoms with Crippen molar-refractivity contribution < 1.29 is 8.42 Å². The monoisotopic (exact) mass is 268 g/mol. The summed E-state index contributed by atoms with van der Waals surface area (Å²) in [5, 5.41) is 0. The van der Waals surface area contributed by atoms with Gasteiger partial charge in [-0.15, -0.1) is 0 Å². The molecule has 0 unspecified atom stereocenters. The minimum absolute atomic E-state index is 0.0195. The van der Waals surface area contributed by atoms with Crippen LogP contribution >= 0.6 is 0 Å². The van der Waals surface area contributed by atoms with E-state index in [1.165, 1.54) is 4.31 Å². The lowest BCUT2D eigenvalue weighted by Gasteiger charge is -2.22. The Balaban J connectivity index is 2.20. The van der Waals surface area contributed by atoms with Gasteiger partial charge in [-0.2, -0.15) is 0 Å². The maximum absolute atomic E-state index is 12.4. The first-order valence-electron chi connectivity index (χ1n) is 6.13. The van der Waals surface area contributed by atoms with Crippen LogP contribution in [0.4, 0.5) is 0 Å². The number of sulfonamides is 1. The normalized spacial score (nSPS) is 18.0. The third-order valence-corrected chi connectivity index (χ3v) is 5.45. The molecule has 0 bridgehead atoms. The number of benzene rings is 1. The van der Waals surface area contributed by atoms with Crippen LogP contribution in [-0.2, 0) is 10.0 Å². The van der Waals surface area contributed by atoms with Gasteiger partial charge in [-0.05, 0) is 49.4 Å². The molecule has 1 fully saturated rings. The van der Waals surface area contributed by atoms with E-state index in [9.17, 15) is 8.42 Å². The molecule has 4 nitrogen and oxygen atoms in total. The van der Waals surface area contributed by atoms with Crippen LogP contribution in [0.3, 0.4) is 0 Å². The lowest BCUT2D eigenvalue weighted by molar-refractivity contribution is 0.371. The van der Waals surface area contributed by atoms with Crippen LogP contribution < -0.4 is 5.73 Å². The molecule has 0 saturated heterocycles. The molecular weight excluding hydrogens is 248 g/mol. The first-order valence-corrected chi connectivity index (χ1v) is 7.57. The summed E-state index contributed by atoms with van der Waals surface area (Å²) in [6.07, 6.45) is 2.05. The molecule has 1 aromatic rings. The molecule has 0 atom stereocenters. The standard InChI is InChI=1S/C13H20N2O2S/c1-11-4-3-5-12(8-11)18(16,17)15(2)10-13(9-14)6-7-13/h3-5,8H,6-7,9-10,14H2,1-2H3. The molecular formula is C13H20N2O2S. The van der Waals surface area contributed by atoms with Crippen molar-refractivity contribution >= 4 is 10.0 Å². The highest BCUT2D eigenvalue weighted by Crippen LogP contribution is 2.45. The second kappa shape index (κ2) is 4.64. The van der Waals surface area contributed by atoms with Crippen LogP contribution in [0.15, 0.2) is 29.2 Å². The predicted molar refractivity (Wildman–Crippen MR) is 71.7 cm³/mol. The molecule has 1 aliphatic rings. The van der Waals surface area contributed by atoms with Crippen LogP contribution in [0.25, 0.3) is 0 Å². The molecule has 1 aliphatic carbocycles. The van der Waals surface area contributed by atoms with Crippen molar-refractivity contribution in [3.05, 3.63) is 29.8 Å². The highest BCUT2D eigenvalue weighted by atomic mass is 32.2. The Labute approximate surface area is 109 Å². The van der Waals surface area contributed by atoms with E-state index in [4.69, 9.17) is 5.73 Å². The average molecular weight is 268 g/mol. The molecule has 0 amide bonds. The molecule has 0 radical (unpaired) electrons. The van der Waals surface area contributed by atoms with Crippen molar-refractivity contribution in [2.45, 2.75) is 24.7 Å².